The summed E-state index contributed by atoms with van der Waals surface area (Å²) in [6.45, 7) is 9.52. The summed E-state index contributed by atoms with van der Waals surface area (Å²) in [7, 11) is 0. The van der Waals surface area contributed by atoms with Gasteiger partial charge in [0, 0.05) is 18.5 Å². The van der Waals surface area contributed by atoms with Crippen molar-refractivity contribution in [1.29, 1.82) is 0 Å². The Labute approximate surface area is 106 Å². The van der Waals surface area contributed by atoms with E-state index in [0.717, 1.165) is 25.8 Å². The molecule has 0 bridgehead atoms. The summed E-state index contributed by atoms with van der Waals surface area (Å²) in [6, 6.07) is 0.212. The fourth-order valence-corrected chi connectivity index (χ4v) is 2.35. The molecule has 1 aliphatic carbocycles. The fourth-order valence-electron chi connectivity index (χ4n) is 2.35. The van der Waals surface area contributed by atoms with Crippen LogP contribution < -0.4 is 11.1 Å². The molecule has 0 heterocycles. The largest absolute Gasteiger partial charge is 0.356 e. The van der Waals surface area contributed by atoms with Gasteiger partial charge in [-0.1, -0.05) is 27.7 Å². The molecule has 0 aromatic carbocycles. The average Bonchev–Trinajstić information content (AvgIpc) is 2.28. The van der Waals surface area contributed by atoms with E-state index in [1.54, 1.807) is 0 Å². The van der Waals surface area contributed by atoms with Gasteiger partial charge in [-0.25, -0.2) is 0 Å². The highest BCUT2D eigenvalue weighted by Gasteiger charge is 2.31. The van der Waals surface area contributed by atoms with E-state index in [-0.39, 0.29) is 17.9 Å². The molecular weight excluding hydrogens is 212 g/mol. The Morgan fingerprint density at radius 2 is 2.00 bits per heavy atom. The minimum atomic E-state index is 0.123. The van der Waals surface area contributed by atoms with Gasteiger partial charge in [0.15, 0.2) is 0 Å². The van der Waals surface area contributed by atoms with Crippen LogP contribution in [0.2, 0.25) is 0 Å². The normalized spacial score (nSPS) is 31.3. The van der Waals surface area contributed by atoms with Crippen LogP contribution in [-0.4, -0.2) is 18.5 Å². The molecule has 0 aromatic heterocycles. The number of rotatable bonds is 4. The van der Waals surface area contributed by atoms with Gasteiger partial charge < -0.3 is 11.1 Å². The monoisotopic (exact) mass is 240 g/mol. The molecule has 1 saturated carbocycles. The maximum Gasteiger partial charge on any atom is 0.223 e. The van der Waals surface area contributed by atoms with Gasteiger partial charge in [0.1, 0.15) is 0 Å². The van der Waals surface area contributed by atoms with Crippen LogP contribution in [0.1, 0.15) is 47.0 Å². The zero-order chi connectivity index (χ0) is 13.0. The van der Waals surface area contributed by atoms with E-state index in [0.29, 0.717) is 17.8 Å². The Kier molecular flexibility index (Phi) is 5.44. The highest BCUT2D eigenvalue weighted by atomic mass is 16.1. The summed E-state index contributed by atoms with van der Waals surface area (Å²) in [5, 5.41) is 3.09. The zero-order valence-corrected chi connectivity index (χ0v) is 11.7. The minimum Gasteiger partial charge on any atom is -0.356 e. The SMILES string of the molecule is CC(C)C(C)CNC(=O)C1CC(N)CCC1C. The molecular formula is C14H28N2O. The maximum atomic E-state index is 12.1. The van der Waals surface area contributed by atoms with Crippen molar-refractivity contribution in [3.05, 3.63) is 0 Å². The number of nitrogens with two attached hydrogens (primary N) is 1. The van der Waals surface area contributed by atoms with E-state index in [9.17, 15) is 4.79 Å². The van der Waals surface area contributed by atoms with Crippen molar-refractivity contribution in [3.63, 3.8) is 0 Å². The summed E-state index contributed by atoms with van der Waals surface area (Å²) in [6.07, 6.45) is 3.00. The van der Waals surface area contributed by atoms with Gasteiger partial charge in [0.25, 0.3) is 0 Å². The second kappa shape index (κ2) is 6.39. The molecule has 1 fully saturated rings. The average molecular weight is 240 g/mol. The van der Waals surface area contributed by atoms with E-state index in [2.05, 4.69) is 33.0 Å². The predicted octanol–water partition coefficient (Wildman–Crippen LogP) is 2.16. The first-order chi connectivity index (χ1) is 7.91. The van der Waals surface area contributed by atoms with E-state index in [1.807, 2.05) is 0 Å². The van der Waals surface area contributed by atoms with Crippen LogP contribution in [0.3, 0.4) is 0 Å². The standard InChI is InChI=1S/C14H28N2O/c1-9(2)11(4)8-16-14(17)13-7-12(15)6-5-10(13)3/h9-13H,5-8,15H2,1-4H3,(H,16,17). The second-order valence-electron chi connectivity index (χ2n) is 6.12. The summed E-state index contributed by atoms with van der Waals surface area (Å²) in [5.74, 6) is 1.95. The second-order valence-corrected chi connectivity index (χ2v) is 6.12. The van der Waals surface area contributed by atoms with Crippen molar-refractivity contribution in [2.75, 3.05) is 6.54 Å². The molecule has 0 aliphatic heterocycles. The molecule has 0 saturated heterocycles. The molecule has 100 valence electrons. The third kappa shape index (κ3) is 4.30. The molecule has 1 amide bonds. The summed E-state index contributed by atoms with van der Waals surface area (Å²) in [4.78, 5) is 12.1. The number of amides is 1. The van der Waals surface area contributed by atoms with Crippen molar-refractivity contribution in [2.45, 2.75) is 53.0 Å². The smallest absolute Gasteiger partial charge is 0.223 e. The highest BCUT2D eigenvalue weighted by molar-refractivity contribution is 5.79. The molecule has 17 heavy (non-hydrogen) atoms. The highest BCUT2D eigenvalue weighted by Crippen LogP contribution is 2.29. The molecule has 0 aromatic rings. The van der Waals surface area contributed by atoms with Crippen LogP contribution in [0.5, 0.6) is 0 Å². The minimum absolute atomic E-state index is 0.123. The molecule has 0 radical (unpaired) electrons. The lowest BCUT2D eigenvalue weighted by atomic mass is 9.77. The van der Waals surface area contributed by atoms with Gasteiger partial charge in [0.2, 0.25) is 5.91 Å². The van der Waals surface area contributed by atoms with Crippen LogP contribution in [0, 0.1) is 23.7 Å². The van der Waals surface area contributed by atoms with E-state index >= 15 is 0 Å². The first-order valence-electron chi connectivity index (χ1n) is 6.95. The lowest BCUT2D eigenvalue weighted by Gasteiger charge is -2.32. The van der Waals surface area contributed by atoms with Crippen LogP contribution in [0.15, 0.2) is 0 Å². The molecule has 3 heteroatoms. The van der Waals surface area contributed by atoms with Crippen molar-refractivity contribution in [2.24, 2.45) is 29.4 Å². The fraction of sp³-hybridized carbons (Fsp3) is 0.929. The number of nitrogens with one attached hydrogen (secondary N) is 1. The van der Waals surface area contributed by atoms with Gasteiger partial charge in [-0.05, 0) is 37.0 Å². The predicted molar refractivity (Wildman–Crippen MR) is 71.5 cm³/mol. The molecule has 4 unspecified atom stereocenters. The van der Waals surface area contributed by atoms with Crippen LogP contribution in [0.4, 0.5) is 0 Å². The van der Waals surface area contributed by atoms with Gasteiger partial charge in [0.05, 0.1) is 0 Å². The number of hydrogen-bond donors (Lipinski definition) is 2. The summed E-state index contributed by atoms with van der Waals surface area (Å²) in [5.41, 5.74) is 5.95. The Morgan fingerprint density at radius 1 is 1.35 bits per heavy atom. The van der Waals surface area contributed by atoms with E-state index in [1.165, 1.54) is 0 Å². The molecule has 1 aliphatic rings. The molecule has 1 rings (SSSR count). The summed E-state index contributed by atoms with van der Waals surface area (Å²) >= 11 is 0. The Balaban J connectivity index is 2.40. The van der Waals surface area contributed by atoms with Gasteiger partial charge >= 0.3 is 0 Å². The van der Waals surface area contributed by atoms with Crippen LogP contribution in [-0.2, 0) is 4.79 Å². The van der Waals surface area contributed by atoms with Crippen molar-refractivity contribution in [1.82, 2.24) is 5.32 Å². The maximum absolute atomic E-state index is 12.1. The van der Waals surface area contributed by atoms with Crippen LogP contribution in [0.25, 0.3) is 0 Å². The lowest BCUT2D eigenvalue weighted by molar-refractivity contribution is -0.127. The topological polar surface area (TPSA) is 55.1 Å². The van der Waals surface area contributed by atoms with Gasteiger partial charge in [-0.2, -0.15) is 0 Å². The lowest BCUT2D eigenvalue weighted by Crippen LogP contribution is -2.43. The Morgan fingerprint density at radius 3 is 2.59 bits per heavy atom. The first kappa shape index (κ1) is 14.5. The first-order valence-corrected chi connectivity index (χ1v) is 6.95. The number of hydrogen-bond acceptors (Lipinski definition) is 2. The third-order valence-corrected chi connectivity index (χ3v) is 4.31. The van der Waals surface area contributed by atoms with Crippen molar-refractivity contribution in [3.8, 4) is 0 Å². The van der Waals surface area contributed by atoms with E-state index < -0.39 is 0 Å². The number of carbonyl (C=O) groups excluding carboxylic acids is 1. The van der Waals surface area contributed by atoms with Gasteiger partial charge in [-0.3, -0.25) is 4.79 Å². The van der Waals surface area contributed by atoms with Gasteiger partial charge in [-0.15, -0.1) is 0 Å². The van der Waals surface area contributed by atoms with Crippen molar-refractivity contribution >= 4 is 5.91 Å². The molecule has 4 atom stereocenters. The van der Waals surface area contributed by atoms with Crippen molar-refractivity contribution < 1.29 is 4.79 Å². The quantitative estimate of drug-likeness (QED) is 0.791. The van der Waals surface area contributed by atoms with Crippen LogP contribution >= 0.6 is 0 Å². The Hall–Kier alpha value is -0.570. The molecule has 3 N–H and O–H groups in total. The zero-order valence-electron chi connectivity index (χ0n) is 11.7. The third-order valence-electron chi connectivity index (χ3n) is 4.31. The molecule has 0 spiro atoms. The van der Waals surface area contributed by atoms with E-state index in [4.69, 9.17) is 5.73 Å². The summed E-state index contributed by atoms with van der Waals surface area (Å²) < 4.78 is 0. The number of carbonyl (C=O) groups is 1. The Bertz CT molecular complexity index is 253. The molecule has 3 nitrogen and oxygen atoms in total.